The van der Waals surface area contributed by atoms with Gasteiger partial charge in [0.2, 0.25) is 17.3 Å². The number of pyridine rings is 2. The monoisotopic (exact) mass is 394 g/mol. The van der Waals surface area contributed by atoms with Crippen LogP contribution in [0.15, 0.2) is 46.0 Å². The van der Waals surface area contributed by atoms with Gasteiger partial charge in [0, 0.05) is 56.1 Å². The lowest BCUT2D eigenvalue weighted by molar-refractivity contribution is 0.0746. The van der Waals surface area contributed by atoms with Crippen LogP contribution in [-0.2, 0) is 0 Å². The largest absolute Gasteiger partial charge is 0.353 e. The molecule has 4 rings (SSSR count). The lowest BCUT2D eigenvalue weighted by Gasteiger charge is -2.35. The maximum Gasteiger partial charge on any atom is 0.255 e. The lowest BCUT2D eigenvalue weighted by Crippen LogP contribution is -2.49. The maximum atomic E-state index is 12.6. The Balaban J connectivity index is 1.38. The van der Waals surface area contributed by atoms with E-state index in [0.29, 0.717) is 43.5 Å². The van der Waals surface area contributed by atoms with Crippen molar-refractivity contribution < 1.29 is 9.32 Å². The van der Waals surface area contributed by atoms with Gasteiger partial charge in [-0.2, -0.15) is 4.98 Å². The topological polar surface area (TPSA) is 108 Å². The van der Waals surface area contributed by atoms with Crippen molar-refractivity contribution >= 4 is 11.7 Å². The van der Waals surface area contributed by atoms with Crippen molar-refractivity contribution in [3.63, 3.8) is 0 Å². The Morgan fingerprint density at radius 2 is 1.93 bits per heavy atom. The molecule has 0 saturated carbocycles. The number of carbonyl (C=O) groups excluding carboxylic acids is 1. The summed E-state index contributed by atoms with van der Waals surface area (Å²) in [5, 5.41) is 4.01. The van der Waals surface area contributed by atoms with E-state index in [2.05, 4.69) is 25.0 Å². The SMILES string of the molecule is CC(C)c1nc(-c2ccc(N3CCN(C(=O)c4ccc(=O)[nH]c4)CC3)nc2)no1. The van der Waals surface area contributed by atoms with Crippen LogP contribution in [-0.4, -0.2) is 57.1 Å². The normalized spacial score (nSPS) is 14.4. The number of amides is 1. The molecule has 0 aromatic carbocycles. The standard InChI is InChI=1S/C20H22N6O3/c1-13(2)19-23-18(24-29-19)14-3-5-16(21-11-14)25-7-9-26(10-8-25)20(28)15-4-6-17(27)22-12-15/h3-6,11-13H,7-10H2,1-2H3,(H,22,27). The summed E-state index contributed by atoms with van der Waals surface area (Å²) in [5.74, 6) is 2.08. The van der Waals surface area contributed by atoms with E-state index in [1.807, 2.05) is 26.0 Å². The summed E-state index contributed by atoms with van der Waals surface area (Å²) in [6, 6.07) is 6.77. The van der Waals surface area contributed by atoms with Gasteiger partial charge in [-0.3, -0.25) is 9.59 Å². The molecular weight excluding hydrogens is 372 g/mol. The van der Waals surface area contributed by atoms with Gasteiger partial charge in [0.1, 0.15) is 5.82 Å². The summed E-state index contributed by atoms with van der Waals surface area (Å²) >= 11 is 0. The fourth-order valence-electron chi connectivity index (χ4n) is 3.16. The predicted octanol–water partition coefficient (Wildman–Crippen LogP) is 1.91. The van der Waals surface area contributed by atoms with Gasteiger partial charge in [-0.05, 0) is 18.2 Å². The molecule has 9 nitrogen and oxygen atoms in total. The first-order valence-electron chi connectivity index (χ1n) is 9.54. The minimum atomic E-state index is -0.220. The van der Waals surface area contributed by atoms with Crippen LogP contribution in [0.5, 0.6) is 0 Å². The smallest absolute Gasteiger partial charge is 0.255 e. The van der Waals surface area contributed by atoms with Gasteiger partial charge in [0.05, 0.1) is 5.56 Å². The molecule has 0 bridgehead atoms. The van der Waals surface area contributed by atoms with E-state index in [9.17, 15) is 9.59 Å². The Kier molecular flexibility index (Phi) is 5.11. The average Bonchev–Trinajstić information content (AvgIpc) is 3.25. The molecular formula is C20H22N6O3. The van der Waals surface area contributed by atoms with Crippen LogP contribution in [0.2, 0.25) is 0 Å². The molecule has 29 heavy (non-hydrogen) atoms. The molecule has 9 heteroatoms. The molecule has 3 aromatic heterocycles. The number of hydrogen-bond donors (Lipinski definition) is 1. The van der Waals surface area contributed by atoms with Crippen LogP contribution in [0.25, 0.3) is 11.4 Å². The zero-order valence-corrected chi connectivity index (χ0v) is 16.3. The molecule has 1 aliphatic heterocycles. The molecule has 0 aliphatic carbocycles. The number of hydrogen-bond acceptors (Lipinski definition) is 7. The highest BCUT2D eigenvalue weighted by molar-refractivity contribution is 5.94. The highest BCUT2D eigenvalue weighted by Gasteiger charge is 2.23. The third-order valence-corrected chi connectivity index (χ3v) is 4.86. The Bertz CT molecular complexity index is 1030. The molecule has 4 heterocycles. The number of rotatable bonds is 4. The van der Waals surface area contributed by atoms with E-state index < -0.39 is 0 Å². The Hall–Kier alpha value is -3.49. The number of nitrogens with zero attached hydrogens (tertiary/aromatic N) is 5. The van der Waals surface area contributed by atoms with Crippen LogP contribution in [0.3, 0.4) is 0 Å². The highest BCUT2D eigenvalue weighted by atomic mass is 16.5. The molecule has 1 N–H and O–H groups in total. The van der Waals surface area contributed by atoms with Crippen LogP contribution >= 0.6 is 0 Å². The van der Waals surface area contributed by atoms with E-state index >= 15 is 0 Å². The Morgan fingerprint density at radius 1 is 1.14 bits per heavy atom. The summed E-state index contributed by atoms with van der Waals surface area (Å²) in [7, 11) is 0. The van der Waals surface area contributed by atoms with E-state index in [-0.39, 0.29) is 17.4 Å². The van der Waals surface area contributed by atoms with Gasteiger partial charge >= 0.3 is 0 Å². The minimum Gasteiger partial charge on any atom is -0.353 e. The molecule has 0 radical (unpaired) electrons. The van der Waals surface area contributed by atoms with Crippen molar-refractivity contribution in [2.24, 2.45) is 0 Å². The number of aromatic nitrogens is 4. The second-order valence-electron chi connectivity index (χ2n) is 7.24. The average molecular weight is 394 g/mol. The quantitative estimate of drug-likeness (QED) is 0.720. The number of aromatic amines is 1. The van der Waals surface area contributed by atoms with E-state index in [1.54, 1.807) is 17.2 Å². The molecule has 3 aromatic rings. The Morgan fingerprint density at radius 3 is 2.52 bits per heavy atom. The predicted molar refractivity (Wildman–Crippen MR) is 107 cm³/mol. The molecule has 0 atom stereocenters. The van der Waals surface area contributed by atoms with Crippen LogP contribution in [0, 0.1) is 0 Å². The van der Waals surface area contributed by atoms with Gasteiger partial charge < -0.3 is 19.3 Å². The first kappa shape index (κ1) is 18.9. The van der Waals surface area contributed by atoms with Crippen LogP contribution in [0.4, 0.5) is 5.82 Å². The van der Waals surface area contributed by atoms with Gasteiger partial charge in [-0.15, -0.1) is 0 Å². The van der Waals surface area contributed by atoms with Crippen molar-refractivity contribution in [2.75, 3.05) is 31.1 Å². The first-order valence-corrected chi connectivity index (χ1v) is 9.54. The zero-order chi connectivity index (χ0) is 20.4. The number of H-pyrrole nitrogens is 1. The molecule has 1 aliphatic rings. The number of nitrogens with one attached hydrogen (secondary N) is 1. The fraction of sp³-hybridized carbons (Fsp3) is 0.350. The van der Waals surface area contributed by atoms with Gasteiger partial charge in [-0.25, -0.2) is 4.98 Å². The van der Waals surface area contributed by atoms with Crippen molar-refractivity contribution in [1.29, 1.82) is 0 Å². The first-order chi connectivity index (χ1) is 14.0. The molecule has 0 unspecified atom stereocenters. The molecule has 150 valence electrons. The molecule has 1 fully saturated rings. The molecule has 0 spiro atoms. The fourth-order valence-corrected chi connectivity index (χ4v) is 3.16. The minimum absolute atomic E-state index is 0.0812. The third kappa shape index (κ3) is 4.03. The van der Waals surface area contributed by atoms with Gasteiger partial charge in [0.15, 0.2) is 0 Å². The maximum absolute atomic E-state index is 12.6. The van der Waals surface area contributed by atoms with E-state index in [1.165, 1.54) is 12.3 Å². The second-order valence-corrected chi connectivity index (χ2v) is 7.24. The summed E-state index contributed by atoms with van der Waals surface area (Å²) in [6.07, 6.45) is 3.20. The molecule has 1 amide bonds. The van der Waals surface area contributed by atoms with Crippen molar-refractivity contribution in [1.82, 2.24) is 25.0 Å². The van der Waals surface area contributed by atoms with Crippen molar-refractivity contribution in [2.45, 2.75) is 19.8 Å². The summed E-state index contributed by atoms with van der Waals surface area (Å²) in [4.78, 5) is 39.1. The van der Waals surface area contributed by atoms with E-state index in [0.717, 1.165) is 11.4 Å². The summed E-state index contributed by atoms with van der Waals surface area (Å²) < 4.78 is 5.25. The summed E-state index contributed by atoms with van der Waals surface area (Å²) in [5.41, 5.74) is 1.07. The second kappa shape index (κ2) is 7.86. The van der Waals surface area contributed by atoms with Crippen molar-refractivity contribution in [3.05, 3.63) is 58.5 Å². The van der Waals surface area contributed by atoms with Crippen LogP contribution in [0.1, 0.15) is 36.0 Å². The zero-order valence-electron chi connectivity index (χ0n) is 16.3. The van der Waals surface area contributed by atoms with Gasteiger partial charge in [-0.1, -0.05) is 19.0 Å². The summed E-state index contributed by atoms with van der Waals surface area (Å²) in [6.45, 7) is 6.54. The number of carbonyl (C=O) groups is 1. The van der Waals surface area contributed by atoms with Crippen molar-refractivity contribution in [3.8, 4) is 11.4 Å². The third-order valence-electron chi connectivity index (χ3n) is 4.86. The Labute approximate surface area is 167 Å². The molecule has 1 saturated heterocycles. The number of anilines is 1. The van der Waals surface area contributed by atoms with Crippen LogP contribution < -0.4 is 10.5 Å². The highest BCUT2D eigenvalue weighted by Crippen LogP contribution is 2.21. The lowest BCUT2D eigenvalue weighted by atomic mass is 10.2. The number of piperazine rings is 1. The van der Waals surface area contributed by atoms with Gasteiger partial charge in [0.25, 0.3) is 5.91 Å². The van der Waals surface area contributed by atoms with E-state index in [4.69, 9.17) is 4.52 Å².